The van der Waals surface area contributed by atoms with Gasteiger partial charge in [-0.2, -0.15) is 0 Å². The Morgan fingerprint density at radius 3 is 2.45 bits per heavy atom. The van der Waals surface area contributed by atoms with Crippen molar-refractivity contribution in [1.82, 2.24) is 0 Å². The first-order valence-corrected chi connectivity index (χ1v) is 9.65. The summed E-state index contributed by atoms with van der Waals surface area (Å²) in [7, 11) is 0. The van der Waals surface area contributed by atoms with Crippen molar-refractivity contribution in [2.45, 2.75) is 38.5 Å². The highest BCUT2D eigenvalue weighted by Crippen LogP contribution is 2.26. The molecule has 1 saturated carbocycles. The van der Waals surface area contributed by atoms with E-state index in [2.05, 4.69) is 10.6 Å². The van der Waals surface area contributed by atoms with E-state index in [1.165, 1.54) is 24.3 Å². The number of anilines is 2. The molecule has 0 heterocycles. The maximum Gasteiger partial charge on any atom is 0.335 e. The van der Waals surface area contributed by atoms with Crippen molar-refractivity contribution in [3.63, 3.8) is 0 Å². The number of hydrogen-bond donors (Lipinski definition) is 3. The minimum Gasteiger partial charge on any atom is -0.478 e. The van der Waals surface area contributed by atoms with Crippen LogP contribution in [0.5, 0.6) is 0 Å². The monoisotopic (exact) mass is 398 g/mol. The van der Waals surface area contributed by atoms with Crippen LogP contribution in [0.2, 0.25) is 0 Å². The lowest BCUT2D eigenvalue weighted by Crippen LogP contribution is -2.25. The van der Waals surface area contributed by atoms with E-state index in [1.54, 1.807) is 18.2 Å². The van der Waals surface area contributed by atoms with E-state index in [-0.39, 0.29) is 29.5 Å². The molecular formula is C22H23FN2O4. The molecule has 152 valence electrons. The lowest BCUT2D eigenvalue weighted by molar-refractivity contribution is -0.120. The van der Waals surface area contributed by atoms with Crippen LogP contribution in [0.15, 0.2) is 42.5 Å². The molecule has 0 aromatic heterocycles. The topological polar surface area (TPSA) is 95.5 Å². The zero-order valence-electron chi connectivity index (χ0n) is 15.9. The highest BCUT2D eigenvalue weighted by atomic mass is 19.1. The summed E-state index contributed by atoms with van der Waals surface area (Å²) in [6.45, 7) is 0. The van der Waals surface area contributed by atoms with E-state index < -0.39 is 17.7 Å². The van der Waals surface area contributed by atoms with Gasteiger partial charge in [0.05, 0.1) is 17.7 Å². The Kier molecular flexibility index (Phi) is 6.59. The normalized spacial score (nSPS) is 14.2. The molecular weight excluding hydrogens is 375 g/mol. The molecule has 0 atom stereocenters. The van der Waals surface area contributed by atoms with E-state index >= 15 is 0 Å². The lowest BCUT2D eigenvalue weighted by atomic mass is 9.88. The number of hydrogen-bond acceptors (Lipinski definition) is 3. The maximum absolute atomic E-state index is 14.1. The standard InChI is InChI=1S/C22H23FN2O4/c23-18-11-10-16(13-19(18)25-21(27)14-6-2-1-3-7-14)24-20(26)12-15-8-4-5-9-17(15)22(28)29/h4-5,8-11,13-14H,1-3,6-7,12H2,(H,24,26)(H,25,27)(H,28,29). The van der Waals surface area contributed by atoms with Crippen molar-refractivity contribution in [2.75, 3.05) is 10.6 Å². The molecule has 2 aromatic rings. The molecule has 0 saturated heterocycles. The number of carboxylic acid groups (broad SMARTS) is 1. The largest absolute Gasteiger partial charge is 0.478 e. The van der Waals surface area contributed by atoms with Gasteiger partial charge in [0.25, 0.3) is 0 Å². The molecule has 1 aliphatic rings. The van der Waals surface area contributed by atoms with Gasteiger partial charge in [-0.15, -0.1) is 0 Å². The predicted molar refractivity (Wildman–Crippen MR) is 107 cm³/mol. The van der Waals surface area contributed by atoms with E-state index in [0.717, 1.165) is 32.1 Å². The summed E-state index contributed by atoms with van der Waals surface area (Å²) in [5.74, 6) is -2.45. The smallest absolute Gasteiger partial charge is 0.335 e. The molecule has 2 aromatic carbocycles. The van der Waals surface area contributed by atoms with Gasteiger partial charge in [-0.1, -0.05) is 37.5 Å². The molecule has 0 bridgehead atoms. The first kappa shape index (κ1) is 20.5. The van der Waals surface area contributed by atoms with Crippen LogP contribution < -0.4 is 10.6 Å². The van der Waals surface area contributed by atoms with Gasteiger partial charge < -0.3 is 15.7 Å². The van der Waals surface area contributed by atoms with E-state index in [0.29, 0.717) is 11.3 Å². The van der Waals surface area contributed by atoms with Crippen molar-refractivity contribution in [2.24, 2.45) is 5.92 Å². The van der Waals surface area contributed by atoms with Gasteiger partial charge in [-0.3, -0.25) is 9.59 Å². The van der Waals surface area contributed by atoms with Crippen molar-refractivity contribution in [1.29, 1.82) is 0 Å². The van der Waals surface area contributed by atoms with E-state index in [9.17, 15) is 23.9 Å². The zero-order chi connectivity index (χ0) is 20.8. The molecule has 0 aliphatic heterocycles. The molecule has 2 amide bonds. The Labute approximate surface area is 168 Å². The minimum atomic E-state index is -1.11. The Balaban J connectivity index is 1.67. The van der Waals surface area contributed by atoms with Crippen LogP contribution in [-0.2, 0) is 16.0 Å². The summed E-state index contributed by atoms with van der Waals surface area (Å²) in [5.41, 5.74) is 0.778. The molecule has 7 heteroatoms. The average molecular weight is 398 g/mol. The highest BCUT2D eigenvalue weighted by Gasteiger charge is 2.22. The summed E-state index contributed by atoms with van der Waals surface area (Å²) in [6, 6.07) is 10.2. The molecule has 3 rings (SSSR count). The van der Waals surface area contributed by atoms with Crippen molar-refractivity contribution >= 4 is 29.2 Å². The molecule has 3 N–H and O–H groups in total. The van der Waals surface area contributed by atoms with Crippen LogP contribution in [0.25, 0.3) is 0 Å². The van der Waals surface area contributed by atoms with Crippen LogP contribution >= 0.6 is 0 Å². The highest BCUT2D eigenvalue weighted by molar-refractivity contribution is 5.97. The number of benzene rings is 2. The zero-order valence-corrected chi connectivity index (χ0v) is 15.9. The number of rotatable bonds is 6. The summed E-state index contributed by atoms with van der Waals surface area (Å²) in [5, 5.41) is 14.5. The van der Waals surface area contributed by atoms with Gasteiger partial charge >= 0.3 is 5.97 Å². The lowest BCUT2D eigenvalue weighted by Gasteiger charge is -2.21. The number of aromatic carboxylic acids is 1. The second-order valence-electron chi connectivity index (χ2n) is 7.21. The predicted octanol–water partition coefficient (Wildman–Crippen LogP) is 4.22. The number of amides is 2. The van der Waals surface area contributed by atoms with Crippen LogP contribution in [0.1, 0.15) is 48.0 Å². The number of carboxylic acids is 1. The Bertz CT molecular complexity index is 923. The van der Waals surface area contributed by atoms with Gasteiger partial charge in [0.2, 0.25) is 11.8 Å². The van der Waals surface area contributed by atoms with Crippen LogP contribution in [-0.4, -0.2) is 22.9 Å². The van der Waals surface area contributed by atoms with Crippen molar-refractivity contribution in [3.8, 4) is 0 Å². The van der Waals surface area contributed by atoms with Gasteiger partial charge in [0, 0.05) is 11.6 Å². The fourth-order valence-electron chi connectivity index (χ4n) is 3.56. The average Bonchev–Trinajstić information content (AvgIpc) is 2.71. The third-order valence-corrected chi connectivity index (χ3v) is 5.08. The molecule has 0 radical (unpaired) electrons. The summed E-state index contributed by atoms with van der Waals surface area (Å²) in [6.07, 6.45) is 4.57. The fourth-order valence-corrected chi connectivity index (χ4v) is 3.56. The minimum absolute atomic E-state index is 0.0179. The molecule has 1 aliphatic carbocycles. The van der Waals surface area contributed by atoms with E-state index in [4.69, 9.17) is 0 Å². The molecule has 1 fully saturated rings. The van der Waals surface area contributed by atoms with Crippen LogP contribution in [0, 0.1) is 11.7 Å². The van der Waals surface area contributed by atoms with Gasteiger partial charge in [-0.25, -0.2) is 9.18 Å². The Morgan fingerprint density at radius 2 is 1.72 bits per heavy atom. The summed E-state index contributed by atoms with van der Waals surface area (Å²) in [4.78, 5) is 36.0. The van der Waals surface area contributed by atoms with Gasteiger partial charge in [0.1, 0.15) is 5.82 Å². The second-order valence-corrected chi connectivity index (χ2v) is 7.21. The van der Waals surface area contributed by atoms with Crippen LogP contribution in [0.4, 0.5) is 15.8 Å². The molecule has 6 nitrogen and oxygen atoms in total. The first-order valence-electron chi connectivity index (χ1n) is 9.65. The first-order chi connectivity index (χ1) is 13.9. The molecule has 29 heavy (non-hydrogen) atoms. The van der Waals surface area contributed by atoms with E-state index in [1.807, 2.05) is 0 Å². The number of halogens is 1. The second kappa shape index (κ2) is 9.32. The number of carbonyl (C=O) groups excluding carboxylic acids is 2. The Hall–Kier alpha value is -3.22. The number of carbonyl (C=O) groups is 3. The third kappa shape index (κ3) is 5.40. The van der Waals surface area contributed by atoms with Gasteiger partial charge in [0.15, 0.2) is 0 Å². The quantitative estimate of drug-likeness (QED) is 0.679. The fraction of sp³-hybridized carbons (Fsp3) is 0.318. The Morgan fingerprint density at radius 1 is 1.00 bits per heavy atom. The number of nitrogens with one attached hydrogen (secondary N) is 2. The molecule has 0 unspecified atom stereocenters. The maximum atomic E-state index is 14.1. The SMILES string of the molecule is O=C(Cc1ccccc1C(=O)O)Nc1ccc(F)c(NC(=O)C2CCCCC2)c1. The van der Waals surface area contributed by atoms with Crippen molar-refractivity contribution in [3.05, 3.63) is 59.4 Å². The summed E-state index contributed by atoms with van der Waals surface area (Å²) >= 11 is 0. The van der Waals surface area contributed by atoms with Crippen LogP contribution in [0.3, 0.4) is 0 Å². The summed E-state index contributed by atoms with van der Waals surface area (Å²) < 4.78 is 14.1. The van der Waals surface area contributed by atoms with Gasteiger partial charge in [-0.05, 0) is 42.7 Å². The van der Waals surface area contributed by atoms with Crippen molar-refractivity contribution < 1.29 is 23.9 Å². The molecule has 0 spiro atoms. The third-order valence-electron chi connectivity index (χ3n) is 5.08.